The number of hydrogen-bond donors (Lipinski definition) is 1. The van der Waals surface area contributed by atoms with Gasteiger partial charge in [-0.15, -0.1) is 0 Å². The topological polar surface area (TPSA) is 75.6 Å². The minimum absolute atomic E-state index is 0.751. The molecule has 7 nitrogen and oxygen atoms in total. The summed E-state index contributed by atoms with van der Waals surface area (Å²) in [6.07, 6.45) is 3.93. The van der Waals surface area contributed by atoms with Crippen LogP contribution in [0.1, 0.15) is 13.8 Å². The zero-order chi connectivity index (χ0) is 19.7. The minimum atomic E-state index is 0.751. The molecule has 0 atom stereocenters. The number of nitrogen functional groups attached to an aromatic ring is 1. The lowest BCUT2D eigenvalue weighted by atomic mass is 10.1. The number of nitrogens with zero attached hydrogens (tertiary/aromatic N) is 6. The third-order valence-corrected chi connectivity index (χ3v) is 6.00. The smallest absolute Gasteiger partial charge is 0.226 e. The fourth-order valence-electron chi connectivity index (χ4n) is 3.19. The summed E-state index contributed by atoms with van der Waals surface area (Å²) in [4.78, 5) is 20.5. The van der Waals surface area contributed by atoms with Crippen LogP contribution in [0, 0.1) is 0 Å². The zero-order valence-electron chi connectivity index (χ0n) is 16.5. The molecule has 8 heteroatoms. The molecule has 0 unspecified atom stereocenters. The molecule has 0 bridgehead atoms. The average Bonchev–Trinajstić information content (AvgIpc) is 3.26. The first-order valence-corrected chi connectivity index (χ1v) is 10.3. The van der Waals surface area contributed by atoms with Crippen LogP contribution in [0.2, 0.25) is 0 Å². The summed E-state index contributed by atoms with van der Waals surface area (Å²) in [6.45, 7) is 8.39. The summed E-state index contributed by atoms with van der Waals surface area (Å²) in [6, 6.07) is 7.77. The summed E-state index contributed by atoms with van der Waals surface area (Å²) in [5.41, 5.74) is 9.49. The number of imidazole rings is 1. The van der Waals surface area contributed by atoms with E-state index in [0.717, 1.165) is 64.4 Å². The van der Waals surface area contributed by atoms with E-state index in [9.17, 15) is 0 Å². The Morgan fingerprint density at radius 2 is 1.82 bits per heavy atom. The van der Waals surface area contributed by atoms with Gasteiger partial charge < -0.3 is 15.5 Å². The van der Waals surface area contributed by atoms with Gasteiger partial charge in [0.1, 0.15) is 10.3 Å². The van der Waals surface area contributed by atoms with Gasteiger partial charge in [-0.25, -0.2) is 15.0 Å². The van der Waals surface area contributed by atoms with Crippen LogP contribution in [-0.4, -0.2) is 57.5 Å². The summed E-state index contributed by atoms with van der Waals surface area (Å²) in [7, 11) is 2.04. The van der Waals surface area contributed by atoms with Gasteiger partial charge in [0.15, 0.2) is 4.96 Å². The summed E-state index contributed by atoms with van der Waals surface area (Å²) in [5, 5.41) is 0. The lowest BCUT2D eigenvalue weighted by Gasteiger charge is -2.23. The highest BCUT2D eigenvalue weighted by Gasteiger charge is 2.14. The minimum Gasteiger partial charge on any atom is -0.399 e. The van der Waals surface area contributed by atoms with E-state index in [1.165, 1.54) is 0 Å². The van der Waals surface area contributed by atoms with Crippen LogP contribution >= 0.6 is 11.3 Å². The number of aromatic nitrogens is 4. The summed E-state index contributed by atoms with van der Waals surface area (Å²) in [5.74, 6) is 0.753. The number of hydrogen-bond acceptors (Lipinski definition) is 7. The number of fused-ring (bicyclic) bond motifs is 3. The predicted octanol–water partition coefficient (Wildman–Crippen LogP) is 3.37. The fraction of sp³-hybridized carbons (Fsp3) is 0.350. The van der Waals surface area contributed by atoms with Crippen molar-refractivity contribution in [3.8, 4) is 11.3 Å². The van der Waals surface area contributed by atoms with Crippen molar-refractivity contribution in [3.05, 3.63) is 36.7 Å². The van der Waals surface area contributed by atoms with Crippen molar-refractivity contribution in [2.45, 2.75) is 13.8 Å². The Labute approximate surface area is 168 Å². The molecule has 0 saturated carbocycles. The number of benzene rings is 1. The Hall–Kier alpha value is -2.71. The first kappa shape index (κ1) is 18.6. The third-order valence-electron chi connectivity index (χ3n) is 5.04. The number of nitrogens with two attached hydrogens (primary N) is 1. The Kier molecular flexibility index (Phi) is 5.15. The molecule has 3 heterocycles. The van der Waals surface area contributed by atoms with E-state index in [0.29, 0.717) is 0 Å². The molecule has 0 radical (unpaired) electrons. The van der Waals surface area contributed by atoms with Crippen molar-refractivity contribution < 1.29 is 0 Å². The highest BCUT2D eigenvalue weighted by molar-refractivity contribution is 7.23. The van der Waals surface area contributed by atoms with Crippen LogP contribution in [0.25, 0.3) is 26.6 Å². The Balaban J connectivity index is 1.59. The molecule has 4 rings (SSSR count). The molecule has 0 aliphatic heterocycles. The summed E-state index contributed by atoms with van der Waals surface area (Å²) >= 11 is 1.58. The number of rotatable bonds is 7. The van der Waals surface area contributed by atoms with Gasteiger partial charge >= 0.3 is 0 Å². The highest BCUT2D eigenvalue weighted by Crippen LogP contribution is 2.29. The van der Waals surface area contributed by atoms with Crippen LogP contribution in [0.5, 0.6) is 0 Å². The van der Waals surface area contributed by atoms with E-state index in [-0.39, 0.29) is 0 Å². The van der Waals surface area contributed by atoms with Gasteiger partial charge in [-0.3, -0.25) is 4.40 Å². The zero-order valence-corrected chi connectivity index (χ0v) is 17.3. The monoisotopic (exact) mass is 395 g/mol. The maximum atomic E-state index is 5.78. The second-order valence-electron chi connectivity index (χ2n) is 6.81. The van der Waals surface area contributed by atoms with E-state index in [2.05, 4.69) is 33.0 Å². The standard InChI is InChI=1S/C20H25N7S/c1-4-26(5-2)11-10-25(3)19-22-12-17-18(24-19)28-20-23-16(13-27(17)20)14-6-8-15(21)9-7-14/h6-9,12-13H,4-5,10-11,21H2,1-3H3. The number of thiazole rings is 1. The Bertz CT molecular complexity index is 1080. The molecule has 0 spiro atoms. The second-order valence-corrected chi connectivity index (χ2v) is 7.77. The van der Waals surface area contributed by atoms with E-state index in [1.807, 2.05) is 43.7 Å². The number of anilines is 2. The van der Waals surface area contributed by atoms with Crippen molar-refractivity contribution in [1.82, 2.24) is 24.3 Å². The molecule has 0 amide bonds. The molecule has 3 aromatic heterocycles. The lowest BCUT2D eigenvalue weighted by Crippen LogP contribution is -2.33. The fourth-order valence-corrected chi connectivity index (χ4v) is 4.14. The van der Waals surface area contributed by atoms with Gasteiger partial charge in [0.2, 0.25) is 5.95 Å². The molecule has 146 valence electrons. The number of likely N-dealkylation sites (N-methyl/N-ethyl adjacent to an activating group) is 2. The van der Waals surface area contributed by atoms with Crippen molar-refractivity contribution in [2.75, 3.05) is 43.9 Å². The molecular formula is C20H25N7S. The van der Waals surface area contributed by atoms with Gasteiger partial charge in [-0.1, -0.05) is 37.3 Å². The van der Waals surface area contributed by atoms with Crippen molar-refractivity contribution >= 4 is 38.3 Å². The SMILES string of the molecule is CCN(CC)CCN(C)c1ncc2c(n1)sc1nc(-c3ccc(N)cc3)cn12. The van der Waals surface area contributed by atoms with Crippen LogP contribution in [0.3, 0.4) is 0 Å². The molecule has 4 aromatic rings. The normalized spacial score (nSPS) is 11.7. The molecule has 0 saturated heterocycles. The highest BCUT2D eigenvalue weighted by atomic mass is 32.1. The maximum absolute atomic E-state index is 5.78. The average molecular weight is 396 g/mol. The van der Waals surface area contributed by atoms with E-state index in [4.69, 9.17) is 15.7 Å². The van der Waals surface area contributed by atoms with Crippen molar-refractivity contribution in [2.24, 2.45) is 0 Å². The molecule has 2 N–H and O–H groups in total. The molecule has 1 aromatic carbocycles. The van der Waals surface area contributed by atoms with Gasteiger partial charge in [-0.2, -0.15) is 0 Å². The molecule has 28 heavy (non-hydrogen) atoms. The van der Waals surface area contributed by atoms with Crippen LogP contribution in [0.15, 0.2) is 36.7 Å². The van der Waals surface area contributed by atoms with Gasteiger partial charge in [-0.05, 0) is 25.2 Å². The quantitative estimate of drug-likeness (QED) is 0.484. The summed E-state index contributed by atoms with van der Waals surface area (Å²) < 4.78 is 2.06. The predicted molar refractivity (Wildman–Crippen MR) is 117 cm³/mol. The first-order chi connectivity index (χ1) is 13.6. The molecule has 0 aliphatic rings. The Morgan fingerprint density at radius 3 is 2.54 bits per heavy atom. The van der Waals surface area contributed by atoms with Crippen LogP contribution < -0.4 is 10.6 Å². The molecular weight excluding hydrogens is 370 g/mol. The van der Waals surface area contributed by atoms with Crippen molar-refractivity contribution in [1.29, 1.82) is 0 Å². The molecule has 0 fully saturated rings. The maximum Gasteiger partial charge on any atom is 0.226 e. The van der Waals surface area contributed by atoms with Gasteiger partial charge in [0.05, 0.1) is 11.9 Å². The Morgan fingerprint density at radius 1 is 1.07 bits per heavy atom. The second kappa shape index (κ2) is 7.73. The van der Waals surface area contributed by atoms with E-state index in [1.54, 1.807) is 11.3 Å². The lowest BCUT2D eigenvalue weighted by molar-refractivity contribution is 0.310. The first-order valence-electron chi connectivity index (χ1n) is 9.53. The largest absolute Gasteiger partial charge is 0.399 e. The van der Waals surface area contributed by atoms with Crippen LogP contribution in [-0.2, 0) is 0 Å². The molecule has 0 aliphatic carbocycles. The van der Waals surface area contributed by atoms with Gasteiger partial charge in [0, 0.05) is 37.6 Å². The van der Waals surface area contributed by atoms with E-state index < -0.39 is 0 Å². The third kappa shape index (κ3) is 3.53. The van der Waals surface area contributed by atoms with E-state index >= 15 is 0 Å². The van der Waals surface area contributed by atoms with Crippen molar-refractivity contribution in [3.63, 3.8) is 0 Å². The van der Waals surface area contributed by atoms with Crippen LogP contribution in [0.4, 0.5) is 11.6 Å². The van der Waals surface area contributed by atoms with Gasteiger partial charge in [0.25, 0.3) is 0 Å².